The molecule has 0 radical (unpaired) electrons. The maximum absolute atomic E-state index is 12.2. The number of nitrogens with zero attached hydrogens (tertiary/aromatic N) is 2. The fourth-order valence-electron chi connectivity index (χ4n) is 1.50. The van der Waals surface area contributed by atoms with E-state index in [0.717, 1.165) is 12.2 Å². The number of methoxy groups -OCH3 is 1. The molecule has 0 rings (SSSR count). The third-order valence-corrected chi connectivity index (χ3v) is 3.51. The summed E-state index contributed by atoms with van der Waals surface area (Å²) in [6.45, 7) is 2.26. The predicted octanol–water partition coefficient (Wildman–Crippen LogP) is 1.21. The number of carbonyl (C=O) groups excluding carboxylic acids is 1. The van der Waals surface area contributed by atoms with Gasteiger partial charge in [-0.1, -0.05) is 0 Å². The average Bonchev–Trinajstić information content (AvgIpc) is 2.38. The Morgan fingerprint density at radius 1 is 1.42 bits per heavy atom. The Morgan fingerprint density at radius 3 is 2.53 bits per heavy atom. The number of amides is 2. The highest BCUT2D eigenvalue weighted by atomic mass is 32.2. The van der Waals surface area contributed by atoms with E-state index < -0.39 is 5.97 Å². The standard InChI is InChI=1S/C12H24N2O4S/c1-10(5-8-19-4)13(2)12(17)14(6-7-18-3)9-11(15)16/h10H,5-9H2,1-4H3,(H,15,16). The van der Waals surface area contributed by atoms with Gasteiger partial charge in [-0.15, -0.1) is 0 Å². The molecule has 1 N–H and O–H groups in total. The van der Waals surface area contributed by atoms with Gasteiger partial charge in [0.1, 0.15) is 6.54 Å². The lowest BCUT2D eigenvalue weighted by molar-refractivity contribution is -0.137. The third kappa shape index (κ3) is 7.27. The summed E-state index contributed by atoms with van der Waals surface area (Å²) in [5, 5.41) is 8.84. The third-order valence-electron chi connectivity index (χ3n) is 2.86. The number of rotatable bonds is 9. The molecule has 1 unspecified atom stereocenters. The van der Waals surface area contributed by atoms with Crippen LogP contribution >= 0.6 is 11.8 Å². The molecule has 6 nitrogen and oxygen atoms in total. The van der Waals surface area contributed by atoms with Gasteiger partial charge >= 0.3 is 12.0 Å². The van der Waals surface area contributed by atoms with Crippen LogP contribution in [0, 0.1) is 0 Å². The van der Waals surface area contributed by atoms with Crippen molar-refractivity contribution in [2.24, 2.45) is 0 Å². The summed E-state index contributed by atoms with van der Waals surface area (Å²) in [6.07, 6.45) is 2.90. The van der Waals surface area contributed by atoms with Crippen LogP contribution in [-0.2, 0) is 9.53 Å². The Morgan fingerprint density at radius 2 is 2.05 bits per heavy atom. The van der Waals surface area contributed by atoms with Gasteiger partial charge in [0.25, 0.3) is 0 Å². The van der Waals surface area contributed by atoms with Crippen molar-refractivity contribution in [3.8, 4) is 0 Å². The van der Waals surface area contributed by atoms with Crippen LogP contribution in [0.5, 0.6) is 0 Å². The number of hydrogen-bond donors (Lipinski definition) is 1. The van der Waals surface area contributed by atoms with Crippen LogP contribution in [0.2, 0.25) is 0 Å². The van der Waals surface area contributed by atoms with Gasteiger partial charge in [-0.3, -0.25) is 4.79 Å². The molecule has 112 valence electrons. The fraction of sp³-hybridized carbons (Fsp3) is 0.833. The maximum atomic E-state index is 12.2. The summed E-state index contributed by atoms with van der Waals surface area (Å²) in [5.74, 6) is -0.0508. The van der Waals surface area contributed by atoms with E-state index in [-0.39, 0.29) is 25.2 Å². The first-order valence-electron chi connectivity index (χ1n) is 6.15. The highest BCUT2D eigenvalue weighted by molar-refractivity contribution is 7.98. The van der Waals surface area contributed by atoms with Crippen molar-refractivity contribution in [1.82, 2.24) is 9.80 Å². The lowest BCUT2D eigenvalue weighted by atomic mass is 10.2. The van der Waals surface area contributed by atoms with Crippen molar-refractivity contribution in [3.63, 3.8) is 0 Å². The summed E-state index contributed by atoms with van der Waals surface area (Å²) in [6, 6.07) is -0.188. The summed E-state index contributed by atoms with van der Waals surface area (Å²) in [5.41, 5.74) is 0. The first-order valence-corrected chi connectivity index (χ1v) is 7.54. The highest BCUT2D eigenvalue weighted by Crippen LogP contribution is 2.09. The minimum Gasteiger partial charge on any atom is -0.480 e. The number of ether oxygens (including phenoxy) is 1. The van der Waals surface area contributed by atoms with Crippen molar-refractivity contribution in [2.45, 2.75) is 19.4 Å². The van der Waals surface area contributed by atoms with Gasteiger partial charge in [-0.25, -0.2) is 4.79 Å². The van der Waals surface area contributed by atoms with E-state index in [4.69, 9.17) is 9.84 Å². The Balaban J connectivity index is 4.53. The molecule has 0 aliphatic carbocycles. The maximum Gasteiger partial charge on any atom is 0.323 e. The number of carboxylic acid groups (broad SMARTS) is 1. The summed E-state index contributed by atoms with van der Waals surface area (Å²) in [4.78, 5) is 25.9. The molecule has 0 aromatic rings. The molecule has 0 saturated heterocycles. The predicted molar refractivity (Wildman–Crippen MR) is 76.7 cm³/mol. The van der Waals surface area contributed by atoms with Crippen LogP contribution in [0.15, 0.2) is 0 Å². The Labute approximate surface area is 119 Å². The smallest absolute Gasteiger partial charge is 0.323 e. The SMILES string of the molecule is COCCN(CC(=O)O)C(=O)N(C)C(C)CCSC. The van der Waals surface area contributed by atoms with Crippen LogP contribution in [0.4, 0.5) is 4.79 Å². The molecule has 0 aliphatic heterocycles. The number of urea groups is 1. The van der Waals surface area contributed by atoms with Gasteiger partial charge in [0.2, 0.25) is 0 Å². The van der Waals surface area contributed by atoms with Gasteiger partial charge in [0, 0.05) is 26.7 Å². The van der Waals surface area contributed by atoms with Crippen molar-refractivity contribution >= 4 is 23.8 Å². The molecule has 0 aromatic heterocycles. The number of thioether (sulfide) groups is 1. The number of carboxylic acids is 1. The van der Waals surface area contributed by atoms with Crippen molar-refractivity contribution in [2.75, 3.05) is 45.9 Å². The van der Waals surface area contributed by atoms with Crippen LogP contribution in [0.3, 0.4) is 0 Å². The molecule has 0 aliphatic rings. The van der Waals surface area contributed by atoms with E-state index in [0.29, 0.717) is 6.61 Å². The first kappa shape index (κ1) is 18.0. The molecule has 0 bridgehead atoms. The lowest BCUT2D eigenvalue weighted by Crippen LogP contribution is -2.48. The topological polar surface area (TPSA) is 70.1 Å². The number of aliphatic carboxylic acids is 1. The van der Waals surface area contributed by atoms with E-state index in [2.05, 4.69) is 0 Å². The number of carbonyl (C=O) groups is 2. The highest BCUT2D eigenvalue weighted by Gasteiger charge is 2.23. The second-order valence-electron chi connectivity index (χ2n) is 4.33. The Hall–Kier alpha value is -0.950. The summed E-state index contributed by atoms with van der Waals surface area (Å²) >= 11 is 1.73. The minimum atomic E-state index is -1.02. The zero-order chi connectivity index (χ0) is 14.8. The summed E-state index contributed by atoms with van der Waals surface area (Å²) < 4.78 is 4.90. The molecule has 2 amide bonds. The molecule has 7 heteroatoms. The zero-order valence-corrected chi connectivity index (χ0v) is 12.9. The first-order chi connectivity index (χ1) is 8.93. The van der Waals surface area contributed by atoms with Crippen molar-refractivity contribution in [1.29, 1.82) is 0 Å². The second-order valence-corrected chi connectivity index (χ2v) is 5.32. The monoisotopic (exact) mass is 292 g/mol. The van der Waals surface area contributed by atoms with Crippen molar-refractivity contribution < 1.29 is 19.4 Å². The average molecular weight is 292 g/mol. The van der Waals surface area contributed by atoms with Crippen LogP contribution in [-0.4, -0.2) is 78.8 Å². The molecule has 0 saturated carbocycles. The van der Waals surface area contributed by atoms with Gasteiger partial charge in [-0.2, -0.15) is 11.8 Å². The van der Waals surface area contributed by atoms with Gasteiger partial charge in [-0.05, 0) is 25.4 Å². The van der Waals surface area contributed by atoms with E-state index >= 15 is 0 Å². The molecular weight excluding hydrogens is 268 g/mol. The largest absolute Gasteiger partial charge is 0.480 e. The molecule has 0 aromatic carbocycles. The number of hydrogen-bond acceptors (Lipinski definition) is 4. The Bertz CT molecular complexity index is 289. The van der Waals surface area contributed by atoms with Crippen LogP contribution in [0.1, 0.15) is 13.3 Å². The van der Waals surface area contributed by atoms with E-state index in [9.17, 15) is 9.59 Å². The van der Waals surface area contributed by atoms with Crippen molar-refractivity contribution in [3.05, 3.63) is 0 Å². The molecule has 1 atom stereocenters. The normalized spacial score (nSPS) is 12.0. The molecule has 0 fully saturated rings. The van der Waals surface area contributed by atoms with E-state index in [1.807, 2.05) is 13.2 Å². The van der Waals surface area contributed by atoms with Gasteiger partial charge in [0.15, 0.2) is 0 Å². The lowest BCUT2D eigenvalue weighted by Gasteiger charge is -2.31. The second kappa shape index (κ2) is 9.91. The minimum absolute atomic E-state index is 0.0822. The molecule has 19 heavy (non-hydrogen) atoms. The van der Waals surface area contributed by atoms with Gasteiger partial charge in [0.05, 0.1) is 6.61 Å². The molecular formula is C12H24N2O4S. The van der Waals surface area contributed by atoms with Crippen LogP contribution in [0.25, 0.3) is 0 Å². The fourth-order valence-corrected chi connectivity index (χ4v) is 2.08. The summed E-state index contributed by atoms with van der Waals surface area (Å²) in [7, 11) is 3.23. The zero-order valence-electron chi connectivity index (χ0n) is 12.1. The Kier molecular flexibility index (Phi) is 9.42. The van der Waals surface area contributed by atoms with E-state index in [1.165, 1.54) is 12.0 Å². The molecule has 0 heterocycles. The van der Waals surface area contributed by atoms with Crippen LogP contribution < -0.4 is 0 Å². The molecule has 0 spiro atoms. The van der Waals surface area contributed by atoms with Gasteiger partial charge < -0.3 is 19.6 Å². The quantitative estimate of drug-likeness (QED) is 0.692. The van der Waals surface area contributed by atoms with E-state index in [1.54, 1.807) is 23.7 Å².